The Balaban J connectivity index is 2.72. The van der Waals surface area contributed by atoms with Crippen LogP contribution in [0.5, 0.6) is 0 Å². The van der Waals surface area contributed by atoms with Gasteiger partial charge in [0, 0.05) is 28.3 Å². The molecule has 0 saturated heterocycles. The molecular weight excluding hydrogens is 318 g/mol. The van der Waals surface area contributed by atoms with E-state index in [4.69, 9.17) is 5.11 Å². The number of hydrogen-bond acceptors (Lipinski definition) is 4. The zero-order valence-corrected chi connectivity index (χ0v) is 11.6. The molecule has 0 radical (unpaired) electrons. The van der Waals surface area contributed by atoms with Gasteiger partial charge in [-0.25, -0.2) is 8.42 Å². The summed E-state index contributed by atoms with van der Waals surface area (Å²) in [5.74, 6) is -2.23. The summed E-state index contributed by atoms with van der Waals surface area (Å²) in [5, 5.41) is 10.3. The molecule has 5 nitrogen and oxygen atoms in total. The van der Waals surface area contributed by atoms with Gasteiger partial charge in [0.05, 0.1) is 0 Å². The van der Waals surface area contributed by atoms with E-state index in [1.807, 2.05) is 5.38 Å². The van der Waals surface area contributed by atoms with E-state index < -0.39 is 21.7 Å². The number of carbonyl (C=O) groups is 1. The second-order valence-electron chi connectivity index (χ2n) is 3.14. The van der Waals surface area contributed by atoms with Gasteiger partial charge in [0.15, 0.2) is 5.75 Å². The molecule has 1 aromatic heterocycles. The number of aliphatic carboxylic acids is 1. The molecule has 90 valence electrons. The monoisotopic (exact) mass is 327 g/mol. The van der Waals surface area contributed by atoms with Crippen molar-refractivity contribution in [1.29, 1.82) is 0 Å². The van der Waals surface area contributed by atoms with Crippen LogP contribution >= 0.6 is 27.3 Å². The first-order chi connectivity index (χ1) is 7.31. The van der Waals surface area contributed by atoms with Crippen LogP contribution < -0.4 is 0 Å². The molecule has 0 aliphatic rings. The van der Waals surface area contributed by atoms with Gasteiger partial charge >= 0.3 is 5.97 Å². The van der Waals surface area contributed by atoms with E-state index in [2.05, 4.69) is 15.9 Å². The Bertz CT molecular complexity index is 482. The molecule has 0 spiro atoms. The summed E-state index contributed by atoms with van der Waals surface area (Å²) in [6.07, 6.45) is 0. The number of thiophene rings is 1. The van der Waals surface area contributed by atoms with Crippen molar-refractivity contribution >= 4 is 43.3 Å². The van der Waals surface area contributed by atoms with Gasteiger partial charge in [-0.05, 0) is 22.0 Å². The van der Waals surface area contributed by atoms with Crippen molar-refractivity contribution in [1.82, 2.24) is 4.31 Å². The van der Waals surface area contributed by atoms with Crippen molar-refractivity contribution in [2.24, 2.45) is 0 Å². The minimum atomic E-state index is -3.72. The molecule has 0 aliphatic heterocycles. The number of nitrogens with zero attached hydrogens (tertiary/aromatic N) is 1. The van der Waals surface area contributed by atoms with E-state index in [1.165, 1.54) is 18.4 Å². The second-order valence-corrected chi connectivity index (χ2v) is 7.12. The van der Waals surface area contributed by atoms with Crippen molar-refractivity contribution in [3.05, 3.63) is 20.8 Å². The number of rotatable bonds is 5. The summed E-state index contributed by atoms with van der Waals surface area (Å²) in [7, 11) is -2.36. The van der Waals surface area contributed by atoms with E-state index in [9.17, 15) is 13.2 Å². The maximum absolute atomic E-state index is 11.5. The third kappa shape index (κ3) is 3.85. The van der Waals surface area contributed by atoms with Gasteiger partial charge in [-0.1, -0.05) is 0 Å². The van der Waals surface area contributed by atoms with Crippen LogP contribution in [0.4, 0.5) is 0 Å². The van der Waals surface area contributed by atoms with Gasteiger partial charge in [0.2, 0.25) is 10.0 Å². The highest BCUT2D eigenvalue weighted by Crippen LogP contribution is 2.21. The maximum Gasteiger partial charge on any atom is 0.320 e. The zero-order valence-electron chi connectivity index (χ0n) is 8.38. The normalized spacial score (nSPS) is 11.9. The third-order valence-corrected chi connectivity index (χ3v) is 5.15. The van der Waals surface area contributed by atoms with Gasteiger partial charge in [0.1, 0.15) is 0 Å². The van der Waals surface area contributed by atoms with Gasteiger partial charge < -0.3 is 5.11 Å². The average Bonchev–Trinajstić information content (AvgIpc) is 2.48. The van der Waals surface area contributed by atoms with Crippen LogP contribution in [0.25, 0.3) is 0 Å². The molecule has 0 aromatic carbocycles. The van der Waals surface area contributed by atoms with Crippen LogP contribution in [0.2, 0.25) is 0 Å². The zero-order chi connectivity index (χ0) is 12.3. The first kappa shape index (κ1) is 13.6. The Morgan fingerprint density at radius 1 is 1.62 bits per heavy atom. The quantitative estimate of drug-likeness (QED) is 0.886. The number of carboxylic acids is 1. The van der Waals surface area contributed by atoms with E-state index in [0.29, 0.717) is 0 Å². The lowest BCUT2D eigenvalue weighted by Crippen LogP contribution is -2.31. The third-order valence-electron chi connectivity index (χ3n) is 1.78. The molecule has 0 atom stereocenters. The lowest BCUT2D eigenvalue weighted by atomic mass is 10.5. The summed E-state index contributed by atoms with van der Waals surface area (Å²) >= 11 is 4.67. The Labute approximate surface area is 106 Å². The van der Waals surface area contributed by atoms with Crippen molar-refractivity contribution in [3.8, 4) is 0 Å². The lowest BCUT2D eigenvalue weighted by molar-refractivity contribution is -0.134. The Kier molecular flexibility index (Phi) is 4.48. The summed E-state index contributed by atoms with van der Waals surface area (Å²) < 4.78 is 24.9. The largest absolute Gasteiger partial charge is 0.480 e. The van der Waals surface area contributed by atoms with Crippen LogP contribution in [0, 0.1) is 0 Å². The van der Waals surface area contributed by atoms with E-state index in [1.54, 1.807) is 6.07 Å². The molecule has 0 amide bonds. The smallest absolute Gasteiger partial charge is 0.320 e. The van der Waals surface area contributed by atoms with Crippen molar-refractivity contribution in [3.63, 3.8) is 0 Å². The number of sulfonamides is 1. The fourth-order valence-electron chi connectivity index (χ4n) is 1.02. The highest BCUT2D eigenvalue weighted by molar-refractivity contribution is 9.10. The molecule has 0 aliphatic carbocycles. The fraction of sp³-hybridized carbons (Fsp3) is 0.375. The van der Waals surface area contributed by atoms with Gasteiger partial charge in [0.25, 0.3) is 0 Å². The van der Waals surface area contributed by atoms with Crippen LogP contribution in [0.1, 0.15) is 4.88 Å². The first-order valence-electron chi connectivity index (χ1n) is 4.20. The van der Waals surface area contributed by atoms with Crippen LogP contribution in [-0.4, -0.2) is 36.6 Å². The fourth-order valence-corrected chi connectivity index (χ4v) is 3.47. The molecule has 0 bridgehead atoms. The first-order valence-corrected chi connectivity index (χ1v) is 7.48. The Hall–Kier alpha value is -0.440. The SMILES string of the molecule is CN(Cc1cc(Br)cs1)S(=O)(=O)CC(=O)O. The average molecular weight is 328 g/mol. The van der Waals surface area contributed by atoms with Crippen molar-refractivity contribution < 1.29 is 18.3 Å². The van der Waals surface area contributed by atoms with Gasteiger partial charge in [-0.15, -0.1) is 11.3 Å². The second kappa shape index (κ2) is 5.26. The topological polar surface area (TPSA) is 74.7 Å². The Morgan fingerprint density at radius 3 is 2.69 bits per heavy atom. The van der Waals surface area contributed by atoms with E-state index >= 15 is 0 Å². The Morgan fingerprint density at radius 2 is 2.25 bits per heavy atom. The van der Waals surface area contributed by atoms with Crippen LogP contribution in [0.15, 0.2) is 15.9 Å². The highest BCUT2D eigenvalue weighted by Gasteiger charge is 2.22. The molecule has 1 N–H and O–H groups in total. The summed E-state index contributed by atoms with van der Waals surface area (Å²) in [6, 6.07) is 1.80. The molecule has 1 rings (SSSR count). The minimum absolute atomic E-state index is 0.186. The predicted molar refractivity (Wildman–Crippen MR) is 64.9 cm³/mol. The molecular formula is C8H10BrNO4S2. The standard InChI is InChI=1S/C8H10BrNO4S2/c1-10(16(13,14)5-8(11)12)3-7-2-6(9)4-15-7/h2,4H,3,5H2,1H3,(H,11,12). The number of halogens is 1. The summed E-state index contributed by atoms with van der Waals surface area (Å²) in [4.78, 5) is 11.2. The molecule has 16 heavy (non-hydrogen) atoms. The van der Waals surface area contributed by atoms with E-state index in [-0.39, 0.29) is 6.54 Å². The number of hydrogen-bond donors (Lipinski definition) is 1. The van der Waals surface area contributed by atoms with Gasteiger partial charge in [-0.3, -0.25) is 4.79 Å². The molecule has 1 heterocycles. The van der Waals surface area contributed by atoms with E-state index in [0.717, 1.165) is 13.7 Å². The molecule has 1 aromatic rings. The summed E-state index contributed by atoms with van der Waals surface area (Å²) in [5.41, 5.74) is 0. The minimum Gasteiger partial charge on any atom is -0.480 e. The highest BCUT2D eigenvalue weighted by atomic mass is 79.9. The molecule has 0 fully saturated rings. The predicted octanol–water partition coefficient (Wildman–Crippen LogP) is 1.36. The number of carboxylic acid groups (broad SMARTS) is 1. The molecule has 8 heteroatoms. The van der Waals surface area contributed by atoms with Crippen molar-refractivity contribution in [2.75, 3.05) is 12.8 Å². The maximum atomic E-state index is 11.5. The molecule has 0 saturated carbocycles. The van der Waals surface area contributed by atoms with Crippen LogP contribution in [-0.2, 0) is 21.4 Å². The van der Waals surface area contributed by atoms with Crippen LogP contribution in [0.3, 0.4) is 0 Å². The van der Waals surface area contributed by atoms with Crippen molar-refractivity contribution in [2.45, 2.75) is 6.54 Å². The molecule has 0 unspecified atom stereocenters. The lowest BCUT2D eigenvalue weighted by Gasteiger charge is -2.14. The summed E-state index contributed by atoms with van der Waals surface area (Å²) in [6.45, 7) is 0.186. The van der Waals surface area contributed by atoms with Gasteiger partial charge in [-0.2, -0.15) is 4.31 Å².